The zero-order chi connectivity index (χ0) is 17.0. The van der Waals surface area contributed by atoms with E-state index in [4.69, 9.17) is 0 Å². The Hall–Kier alpha value is -1.48. The summed E-state index contributed by atoms with van der Waals surface area (Å²) >= 11 is 4.44. The lowest BCUT2D eigenvalue weighted by atomic mass is 10.3. The number of amides is 1. The molecule has 1 N–H and O–H groups in total. The van der Waals surface area contributed by atoms with Crippen LogP contribution in [0.25, 0.3) is 5.69 Å². The van der Waals surface area contributed by atoms with Crippen molar-refractivity contribution < 1.29 is 18.0 Å². The summed E-state index contributed by atoms with van der Waals surface area (Å²) in [7, 11) is 0. The minimum atomic E-state index is -4.42. The van der Waals surface area contributed by atoms with Crippen molar-refractivity contribution in [2.75, 3.05) is 6.54 Å². The number of rotatable bonds is 5. The van der Waals surface area contributed by atoms with Gasteiger partial charge >= 0.3 is 6.18 Å². The first-order chi connectivity index (χ1) is 10.8. The van der Waals surface area contributed by atoms with E-state index in [0.717, 1.165) is 21.9 Å². The molecule has 0 aliphatic carbocycles. The molecular weight excluding hydrogens is 395 g/mol. The maximum Gasteiger partial charge on any atom is 0.405 e. The van der Waals surface area contributed by atoms with Crippen LogP contribution in [0.5, 0.6) is 0 Å². The highest BCUT2D eigenvalue weighted by Crippen LogP contribution is 2.25. The molecule has 0 saturated carbocycles. The van der Waals surface area contributed by atoms with Crippen LogP contribution in [0, 0.1) is 0 Å². The average Bonchev–Trinajstić information content (AvgIpc) is 2.93. The summed E-state index contributed by atoms with van der Waals surface area (Å²) in [5.74, 6) is -0.683. The van der Waals surface area contributed by atoms with E-state index < -0.39 is 23.9 Å². The van der Waals surface area contributed by atoms with Gasteiger partial charge in [-0.05, 0) is 31.2 Å². The molecule has 1 heterocycles. The molecule has 1 amide bonds. The van der Waals surface area contributed by atoms with Crippen LogP contribution in [-0.4, -0.2) is 33.4 Å². The second-order valence-electron chi connectivity index (χ2n) is 4.65. The first-order valence-corrected chi connectivity index (χ1v) is 8.24. The Labute approximate surface area is 143 Å². The highest BCUT2D eigenvalue weighted by molar-refractivity contribution is 9.10. The van der Waals surface area contributed by atoms with Crippen LogP contribution in [0.2, 0.25) is 0 Å². The number of carbonyl (C=O) groups is 1. The van der Waals surface area contributed by atoms with Gasteiger partial charge in [0.2, 0.25) is 5.91 Å². The third-order valence-electron chi connectivity index (χ3n) is 2.83. The molecule has 1 aromatic heterocycles. The van der Waals surface area contributed by atoms with Crippen molar-refractivity contribution in [1.82, 2.24) is 14.9 Å². The van der Waals surface area contributed by atoms with Gasteiger partial charge in [0, 0.05) is 22.6 Å². The Morgan fingerprint density at radius 1 is 1.39 bits per heavy atom. The van der Waals surface area contributed by atoms with Gasteiger partial charge in [0.25, 0.3) is 0 Å². The molecule has 9 heteroatoms. The number of benzene rings is 1. The summed E-state index contributed by atoms with van der Waals surface area (Å²) in [5, 5.41) is 1.70. The van der Waals surface area contributed by atoms with Crippen LogP contribution >= 0.6 is 27.7 Å². The summed E-state index contributed by atoms with van der Waals surface area (Å²) in [5.41, 5.74) is 0.844. The lowest BCUT2D eigenvalue weighted by Gasteiger charge is -2.14. The van der Waals surface area contributed by atoms with Crippen molar-refractivity contribution in [1.29, 1.82) is 0 Å². The highest BCUT2D eigenvalue weighted by atomic mass is 79.9. The summed E-state index contributed by atoms with van der Waals surface area (Å²) in [6.45, 7) is 0.203. The smallest absolute Gasteiger partial charge is 0.346 e. The number of nitrogens with one attached hydrogen (secondary N) is 1. The average molecular weight is 408 g/mol. The van der Waals surface area contributed by atoms with Crippen LogP contribution < -0.4 is 5.32 Å². The third-order valence-corrected chi connectivity index (χ3v) is 4.44. The predicted octanol–water partition coefficient (Wildman–Crippen LogP) is 3.79. The zero-order valence-corrected chi connectivity index (χ0v) is 14.4. The van der Waals surface area contributed by atoms with Crippen molar-refractivity contribution in [2.24, 2.45) is 0 Å². The van der Waals surface area contributed by atoms with Gasteiger partial charge in [-0.3, -0.25) is 9.36 Å². The van der Waals surface area contributed by atoms with Gasteiger partial charge in [-0.15, -0.1) is 0 Å². The number of aromatic nitrogens is 2. The van der Waals surface area contributed by atoms with Gasteiger partial charge in [0.15, 0.2) is 5.16 Å². The van der Waals surface area contributed by atoms with Gasteiger partial charge in [-0.2, -0.15) is 13.2 Å². The fourth-order valence-corrected chi connectivity index (χ4v) is 2.89. The molecule has 0 fully saturated rings. The number of halogens is 4. The quantitative estimate of drug-likeness (QED) is 0.766. The highest BCUT2D eigenvalue weighted by Gasteiger charge is 2.29. The van der Waals surface area contributed by atoms with Crippen LogP contribution in [-0.2, 0) is 4.79 Å². The number of hydrogen-bond donors (Lipinski definition) is 1. The van der Waals surface area contributed by atoms with Crippen LogP contribution in [0.15, 0.2) is 46.3 Å². The Morgan fingerprint density at radius 3 is 2.65 bits per heavy atom. The minimum Gasteiger partial charge on any atom is -0.346 e. The molecule has 0 spiro atoms. The van der Waals surface area contributed by atoms with Crippen molar-refractivity contribution in [3.05, 3.63) is 41.1 Å². The summed E-state index contributed by atoms with van der Waals surface area (Å²) < 4.78 is 39.1. The van der Waals surface area contributed by atoms with E-state index in [9.17, 15) is 18.0 Å². The Kier molecular flexibility index (Phi) is 5.74. The molecule has 0 aliphatic heterocycles. The van der Waals surface area contributed by atoms with Gasteiger partial charge in [0.1, 0.15) is 6.54 Å². The predicted molar refractivity (Wildman–Crippen MR) is 85.6 cm³/mol. The molecule has 0 aliphatic rings. The van der Waals surface area contributed by atoms with E-state index in [0.29, 0.717) is 5.16 Å². The normalized spacial score (nSPS) is 12.9. The van der Waals surface area contributed by atoms with Gasteiger partial charge in [-0.1, -0.05) is 27.7 Å². The SMILES string of the molecule is CC(Sc1nccn1-c1ccc(Br)cc1)C(=O)NCC(F)(F)F. The molecule has 23 heavy (non-hydrogen) atoms. The summed E-state index contributed by atoms with van der Waals surface area (Å²) in [4.78, 5) is 15.9. The van der Waals surface area contributed by atoms with E-state index in [1.54, 1.807) is 17.0 Å². The molecule has 0 radical (unpaired) electrons. The van der Waals surface area contributed by atoms with E-state index in [2.05, 4.69) is 20.9 Å². The monoisotopic (exact) mass is 407 g/mol. The minimum absolute atomic E-state index is 0.530. The van der Waals surface area contributed by atoms with Gasteiger partial charge in [0.05, 0.1) is 5.25 Å². The largest absolute Gasteiger partial charge is 0.405 e. The van der Waals surface area contributed by atoms with Crippen molar-refractivity contribution in [3.8, 4) is 5.69 Å². The summed E-state index contributed by atoms with van der Waals surface area (Å²) in [6.07, 6.45) is -1.12. The second kappa shape index (κ2) is 7.39. The fourth-order valence-electron chi connectivity index (χ4n) is 1.72. The number of hydrogen-bond acceptors (Lipinski definition) is 3. The molecule has 0 saturated heterocycles. The topological polar surface area (TPSA) is 46.9 Å². The lowest BCUT2D eigenvalue weighted by Crippen LogP contribution is -2.38. The molecule has 0 bridgehead atoms. The van der Waals surface area contributed by atoms with E-state index in [1.807, 2.05) is 29.6 Å². The molecule has 1 aromatic carbocycles. The van der Waals surface area contributed by atoms with Gasteiger partial charge < -0.3 is 5.32 Å². The van der Waals surface area contributed by atoms with Crippen molar-refractivity contribution in [3.63, 3.8) is 0 Å². The number of nitrogens with zero attached hydrogens (tertiary/aromatic N) is 2. The Balaban J connectivity index is 2.05. The maximum atomic E-state index is 12.1. The standard InChI is InChI=1S/C14H13BrF3N3OS/c1-9(12(22)20-8-14(16,17)18)23-13-19-6-7-21(13)11-4-2-10(15)3-5-11/h2-7,9H,8H2,1H3,(H,20,22). The first-order valence-electron chi connectivity index (χ1n) is 6.56. The van der Waals surface area contributed by atoms with E-state index >= 15 is 0 Å². The van der Waals surface area contributed by atoms with E-state index in [1.165, 1.54) is 6.92 Å². The Bertz CT molecular complexity index is 673. The number of thioether (sulfide) groups is 1. The summed E-state index contributed by atoms with van der Waals surface area (Å²) in [6, 6.07) is 7.46. The van der Waals surface area contributed by atoms with Crippen LogP contribution in [0.4, 0.5) is 13.2 Å². The first kappa shape index (κ1) is 17.9. The molecule has 2 aromatic rings. The van der Waals surface area contributed by atoms with Crippen molar-refractivity contribution in [2.45, 2.75) is 23.5 Å². The van der Waals surface area contributed by atoms with Crippen molar-refractivity contribution >= 4 is 33.6 Å². The van der Waals surface area contributed by atoms with Crippen LogP contribution in [0.1, 0.15) is 6.92 Å². The third kappa shape index (κ3) is 5.28. The Morgan fingerprint density at radius 2 is 2.04 bits per heavy atom. The molecule has 124 valence electrons. The number of alkyl halides is 3. The lowest BCUT2D eigenvalue weighted by molar-refractivity contribution is -0.137. The van der Waals surface area contributed by atoms with E-state index in [-0.39, 0.29) is 0 Å². The molecule has 2 rings (SSSR count). The second-order valence-corrected chi connectivity index (χ2v) is 6.87. The fraction of sp³-hybridized carbons (Fsp3) is 0.286. The van der Waals surface area contributed by atoms with Gasteiger partial charge in [-0.25, -0.2) is 4.98 Å². The number of imidazole rings is 1. The molecule has 4 nitrogen and oxygen atoms in total. The molecule has 1 atom stereocenters. The molecule has 1 unspecified atom stereocenters. The molecular formula is C14H13BrF3N3OS. The van der Waals surface area contributed by atoms with Crippen LogP contribution in [0.3, 0.4) is 0 Å². The maximum absolute atomic E-state index is 12.1. The number of carbonyl (C=O) groups excluding carboxylic acids is 1. The zero-order valence-electron chi connectivity index (χ0n) is 12.0.